The van der Waals surface area contributed by atoms with Gasteiger partial charge in [-0.1, -0.05) is 20.3 Å². The lowest BCUT2D eigenvalue weighted by molar-refractivity contribution is 0.337. The molecule has 1 aliphatic carbocycles. The molecule has 1 rings (SSSR count). The molecule has 0 aromatic carbocycles. The van der Waals surface area contributed by atoms with E-state index in [0.29, 0.717) is 6.04 Å². The second-order valence-electron chi connectivity index (χ2n) is 4.40. The van der Waals surface area contributed by atoms with Gasteiger partial charge in [0.15, 0.2) is 0 Å². The van der Waals surface area contributed by atoms with E-state index in [1.165, 1.54) is 45.2 Å². The molecule has 2 N–H and O–H groups in total. The van der Waals surface area contributed by atoms with Crippen LogP contribution in [0.2, 0.25) is 0 Å². The minimum Gasteiger partial charge on any atom is -0.315 e. The summed E-state index contributed by atoms with van der Waals surface area (Å²) < 4.78 is 0. The molecule has 2 heteroatoms. The van der Waals surface area contributed by atoms with E-state index < -0.39 is 0 Å². The number of unbranched alkanes of at least 4 members (excludes halogenated alkanes) is 1. The SMILES string of the molecule is CC(C)NCCCCNC1CCC1. The van der Waals surface area contributed by atoms with Crippen molar-refractivity contribution in [1.82, 2.24) is 10.6 Å². The summed E-state index contributed by atoms with van der Waals surface area (Å²) in [6, 6.07) is 1.50. The van der Waals surface area contributed by atoms with Crippen LogP contribution in [-0.2, 0) is 0 Å². The van der Waals surface area contributed by atoms with E-state index in [2.05, 4.69) is 24.5 Å². The fourth-order valence-corrected chi connectivity index (χ4v) is 1.56. The second kappa shape index (κ2) is 6.39. The Kier molecular flexibility index (Phi) is 5.40. The molecule has 0 amide bonds. The molecule has 0 aromatic heterocycles. The van der Waals surface area contributed by atoms with Crippen molar-refractivity contribution in [2.75, 3.05) is 13.1 Å². The Morgan fingerprint density at radius 2 is 1.85 bits per heavy atom. The zero-order chi connectivity index (χ0) is 9.52. The maximum atomic E-state index is 3.58. The van der Waals surface area contributed by atoms with Gasteiger partial charge in [-0.05, 0) is 38.8 Å². The van der Waals surface area contributed by atoms with Gasteiger partial charge < -0.3 is 10.6 Å². The smallest absolute Gasteiger partial charge is 0.00670 e. The van der Waals surface area contributed by atoms with Gasteiger partial charge in [0.1, 0.15) is 0 Å². The van der Waals surface area contributed by atoms with Crippen molar-refractivity contribution in [3.63, 3.8) is 0 Å². The average Bonchev–Trinajstić information content (AvgIpc) is 1.99. The van der Waals surface area contributed by atoms with Crippen LogP contribution in [0.25, 0.3) is 0 Å². The highest BCUT2D eigenvalue weighted by atomic mass is 14.9. The van der Waals surface area contributed by atoms with Gasteiger partial charge in [0.05, 0.1) is 0 Å². The average molecular weight is 184 g/mol. The topological polar surface area (TPSA) is 24.1 Å². The molecule has 0 aliphatic heterocycles. The predicted octanol–water partition coefficient (Wildman–Crippen LogP) is 1.91. The molecule has 0 aromatic rings. The molecular formula is C11H24N2. The molecule has 78 valence electrons. The lowest BCUT2D eigenvalue weighted by atomic mass is 9.93. The van der Waals surface area contributed by atoms with Crippen LogP contribution in [-0.4, -0.2) is 25.2 Å². The van der Waals surface area contributed by atoms with Gasteiger partial charge in [-0.2, -0.15) is 0 Å². The maximum Gasteiger partial charge on any atom is 0.00670 e. The van der Waals surface area contributed by atoms with Crippen LogP contribution in [0.3, 0.4) is 0 Å². The summed E-state index contributed by atoms with van der Waals surface area (Å²) in [5, 5.41) is 7.01. The first-order valence-electron chi connectivity index (χ1n) is 5.76. The summed E-state index contributed by atoms with van der Waals surface area (Å²) in [6.07, 6.45) is 6.87. The van der Waals surface area contributed by atoms with Crippen LogP contribution >= 0.6 is 0 Å². The van der Waals surface area contributed by atoms with E-state index in [1.54, 1.807) is 0 Å². The summed E-state index contributed by atoms with van der Waals surface area (Å²) in [7, 11) is 0. The highest BCUT2D eigenvalue weighted by Gasteiger charge is 2.15. The van der Waals surface area contributed by atoms with E-state index in [-0.39, 0.29) is 0 Å². The Hall–Kier alpha value is -0.0800. The zero-order valence-electron chi connectivity index (χ0n) is 9.10. The Bertz CT molecular complexity index is 119. The molecule has 0 unspecified atom stereocenters. The van der Waals surface area contributed by atoms with Crippen molar-refractivity contribution in [2.24, 2.45) is 0 Å². The van der Waals surface area contributed by atoms with Gasteiger partial charge in [0.2, 0.25) is 0 Å². The van der Waals surface area contributed by atoms with Crippen LogP contribution in [0.15, 0.2) is 0 Å². The third-order valence-electron chi connectivity index (χ3n) is 2.69. The predicted molar refractivity (Wildman–Crippen MR) is 58.0 cm³/mol. The Morgan fingerprint density at radius 1 is 1.15 bits per heavy atom. The van der Waals surface area contributed by atoms with E-state index in [4.69, 9.17) is 0 Å². The van der Waals surface area contributed by atoms with Crippen molar-refractivity contribution in [3.05, 3.63) is 0 Å². The van der Waals surface area contributed by atoms with Crippen molar-refractivity contribution in [2.45, 2.75) is 58.0 Å². The second-order valence-corrected chi connectivity index (χ2v) is 4.40. The molecule has 1 aliphatic rings. The number of rotatable bonds is 7. The lowest BCUT2D eigenvalue weighted by Crippen LogP contribution is -2.35. The normalized spacial score (nSPS) is 17.8. The van der Waals surface area contributed by atoms with E-state index in [0.717, 1.165) is 6.04 Å². The van der Waals surface area contributed by atoms with Crippen LogP contribution in [0, 0.1) is 0 Å². The molecule has 0 atom stereocenters. The quantitative estimate of drug-likeness (QED) is 0.591. The molecule has 0 radical (unpaired) electrons. The molecule has 2 nitrogen and oxygen atoms in total. The highest BCUT2D eigenvalue weighted by molar-refractivity contribution is 4.75. The lowest BCUT2D eigenvalue weighted by Gasteiger charge is -2.26. The van der Waals surface area contributed by atoms with Crippen molar-refractivity contribution >= 4 is 0 Å². The number of nitrogens with one attached hydrogen (secondary N) is 2. The largest absolute Gasteiger partial charge is 0.315 e. The standard InChI is InChI=1S/C11H24N2/c1-10(2)12-8-3-4-9-13-11-6-5-7-11/h10-13H,3-9H2,1-2H3. The Balaban J connectivity index is 1.73. The molecule has 13 heavy (non-hydrogen) atoms. The Morgan fingerprint density at radius 3 is 2.38 bits per heavy atom. The zero-order valence-corrected chi connectivity index (χ0v) is 9.10. The third-order valence-corrected chi connectivity index (χ3v) is 2.69. The first-order chi connectivity index (χ1) is 6.29. The monoisotopic (exact) mass is 184 g/mol. The molecular weight excluding hydrogens is 160 g/mol. The molecule has 1 saturated carbocycles. The van der Waals surface area contributed by atoms with Crippen LogP contribution < -0.4 is 10.6 Å². The third kappa shape index (κ3) is 5.27. The van der Waals surface area contributed by atoms with E-state index >= 15 is 0 Å². The minimum atomic E-state index is 0.639. The molecule has 0 bridgehead atoms. The van der Waals surface area contributed by atoms with Gasteiger partial charge >= 0.3 is 0 Å². The van der Waals surface area contributed by atoms with Crippen LogP contribution in [0.4, 0.5) is 0 Å². The van der Waals surface area contributed by atoms with Gasteiger partial charge in [0, 0.05) is 12.1 Å². The van der Waals surface area contributed by atoms with Crippen molar-refractivity contribution in [3.8, 4) is 0 Å². The van der Waals surface area contributed by atoms with Gasteiger partial charge in [-0.15, -0.1) is 0 Å². The van der Waals surface area contributed by atoms with Gasteiger partial charge in [-0.3, -0.25) is 0 Å². The first-order valence-corrected chi connectivity index (χ1v) is 5.76. The molecule has 1 fully saturated rings. The number of hydrogen-bond donors (Lipinski definition) is 2. The fourth-order valence-electron chi connectivity index (χ4n) is 1.56. The summed E-state index contributed by atoms with van der Waals surface area (Å²) in [6.45, 7) is 6.79. The van der Waals surface area contributed by atoms with Gasteiger partial charge in [0.25, 0.3) is 0 Å². The van der Waals surface area contributed by atoms with E-state index in [9.17, 15) is 0 Å². The molecule has 0 saturated heterocycles. The number of hydrogen-bond acceptors (Lipinski definition) is 2. The van der Waals surface area contributed by atoms with Crippen molar-refractivity contribution in [1.29, 1.82) is 0 Å². The highest BCUT2D eigenvalue weighted by Crippen LogP contribution is 2.17. The maximum absolute atomic E-state index is 3.58. The Labute approximate surface area is 82.5 Å². The van der Waals surface area contributed by atoms with Crippen LogP contribution in [0.1, 0.15) is 46.0 Å². The molecule has 0 heterocycles. The summed E-state index contributed by atoms with van der Waals surface area (Å²) >= 11 is 0. The molecule has 0 spiro atoms. The fraction of sp³-hybridized carbons (Fsp3) is 1.00. The van der Waals surface area contributed by atoms with Gasteiger partial charge in [-0.25, -0.2) is 0 Å². The van der Waals surface area contributed by atoms with Crippen molar-refractivity contribution < 1.29 is 0 Å². The first kappa shape index (κ1) is 11.0. The summed E-state index contributed by atoms with van der Waals surface area (Å²) in [5.74, 6) is 0. The van der Waals surface area contributed by atoms with Crippen LogP contribution in [0.5, 0.6) is 0 Å². The summed E-state index contributed by atoms with van der Waals surface area (Å²) in [5.41, 5.74) is 0. The summed E-state index contributed by atoms with van der Waals surface area (Å²) in [4.78, 5) is 0. The minimum absolute atomic E-state index is 0.639. The van der Waals surface area contributed by atoms with E-state index in [1.807, 2.05) is 0 Å².